The van der Waals surface area contributed by atoms with Gasteiger partial charge in [0.25, 0.3) is 0 Å². The first-order chi connectivity index (χ1) is 9.19. The lowest BCUT2D eigenvalue weighted by molar-refractivity contribution is 0.506. The highest BCUT2D eigenvalue weighted by atomic mass is 32.2. The van der Waals surface area contributed by atoms with E-state index in [9.17, 15) is 8.78 Å². The average Bonchev–Trinajstić information content (AvgIpc) is 2.42. The third-order valence-electron chi connectivity index (χ3n) is 2.36. The van der Waals surface area contributed by atoms with E-state index in [0.29, 0.717) is 16.6 Å². The van der Waals surface area contributed by atoms with E-state index in [2.05, 4.69) is 15.3 Å². The molecule has 0 atom stereocenters. The molecule has 0 radical (unpaired) electrons. The Bertz CT molecular complexity index is 546. The summed E-state index contributed by atoms with van der Waals surface area (Å²) in [5, 5.41) is 3.68. The lowest BCUT2D eigenvalue weighted by Gasteiger charge is -2.03. The fraction of sp³-hybridized carbons (Fsp3) is 0.231. The summed E-state index contributed by atoms with van der Waals surface area (Å²) >= 11 is 1.19. The normalized spacial score (nSPS) is 10.7. The lowest BCUT2D eigenvalue weighted by atomic mass is 10.3. The smallest absolute Gasteiger partial charge is 0.192 e. The molecule has 0 aliphatic carbocycles. The number of rotatable bonds is 5. The fourth-order valence-corrected chi connectivity index (χ4v) is 2.12. The van der Waals surface area contributed by atoms with E-state index >= 15 is 0 Å². The third kappa shape index (κ3) is 3.97. The van der Waals surface area contributed by atoms with Crippen LogP contribution >= 0.6 is 11.8 Å². The number of nitrogens with one attached hydrogen (secondary N) is 1. The van der Waals surface area contributed by atoms with E-state index < -0.39 is 11.6 Å². The Kier molecular flexibility index (Phi) is 4.81. The van der Waals surface area contributed by atoms with Gasteiger partial charge in [-0.25, -0.2) is 18.7 Å². The molecule has 100 valence electrons. The predicted molar refractivity (Wildman–Crippen MR) is 69.9 cm³/mol. The van der Waals surface area contributed by atoms with Gasteiger partial charge in [-0.3, -0.25) is 0 Å². The average molecular weight is 281 g/mol. The minimum absolute atomic E-state index is 0.506. The van der Waals surface area contributed by atoms with Crippen LogP contribution in [0.4, 0.5) is 8.78 Å². The molecule has 0 aliphatic rings. The van der Waals surface area contributed by atoms with Gasteiger partial charge in [0.15, 0.2) is 16.8 Å². The zero-order chi connectivity index (χ0) is 13.7. The summed E-state index contributed by atoms with van der Waals surface area (Å²) in [5.41, 5.74) is 0.983. The van der Waals surface area contributed by atoms with E-state index in [1.807, 2.05) is 6.92 Å². The highest BCUT2D eigenvalue weighted by Gasteiger charge is 2.05. The van der Waals surface area contributed by atoms with Gasteiger partial charge in [0, 0.05) is 29.4 Å². The summed E-state index contributed by atoms with van der Waals surface area (Å²) in [4.78, 5) is 8.92. The van der Waals surface area contributed by atoms with Crippen molar-refractivity contribution in [3.8, 4) is 0 Å². The van der Waals surface area contributed by atoms with Gasteiger partial charge in [0.2, 0.25) is 0 Å². The molecule has 1 aromatic heterocycles. The molecule has 1 heterocycles. The van der Waals surface area contributed by atoms with Gasteiger partial charge >= 0.3 is 0 Å². The molecule has 2 aromatic rings. The summed E-state index contributed by atoms with van der Waals surface area (Å²) in [6, 6.07) is 3.73. The predicted octanol–water partition coefficient (Wildman–Crippen LogP) is 3.02. The second-order valence-corrected chi connectivity index (χ2v) is 4.87. The van der Waals surface area contributed by atoms with Crippen LogP contribution in [-0.4, -0.2) is 16.5 Å². The Morgan fingerprint density at radius 1 is 1.16 bits per heavy atom. The van der Waals surface area contributed by atoms with Crippen LogP contribution in [0.5, 0.6) is 0 Å². The number of hydrogen-bond acceptors (Lipinski definition) is 4. The van der Waals surface area contributed by atoms with Gasteiger partial charge in [0.05, 0.1) is 0 Å². The summed E-state index contributed by atoms with van der Waals surface area (Å²) < 4.78 is 25.8. The number of benzene rings is 1. The Morgan fingerprint density at radius 2 is 1.89 bits per heavy atom. The molecule has 0 saturated heterocycles. The molecular formula is C13H13F2N3S. The zero-order valence-electron chi connectivity index (χ0n) is 10.4. The zero-order valence-corrected chi connectivity index (χ0v) is 11.2. The van der Waals surface area contributed by atoms with Crippen LogP contribution in [0.2, 0.25) is 0 Å². The monoisotopic (exact) mass is 281 g/mol. The van der Waals surface area contributed by atoms with E-state index in [-0.39, 0.29) is 0 Å². The van der Waals surface area contributed by atoms with Crippen LogP contribution in [0.25, 0.3) is 0 Å². The van der Waals surface area contributed by atoms with E-state index in [0.717, 1.165) is 24.2 Å². The van der Waals surface area contributed by atoms with Crippen molar-refractivity contribution in [1.82, 2.24) is 15.3 Å². The van der Waals surface area contributed by atoms with Crippen molar-refractivity contribution in [3.63, 3.8) is 0 Å². The summed E-state index contributed by atoms with van der Waals surface area (Å²) in [5.74, 6) is -1.72. The molecule has 0 saturated carbocycles. The number of hydrogen-bond donors (Lipinski definition) is 1. The summed E-state index contributed by atoms with van der Waals surface area (Å²) in [7, 11) is 0. The molecule has 2 rings (SSSR count). The maximum absolute atomic E-state index is 13.0. The van der Waals surface area contributed by atoms with Crippen LogP contribution in [0, 0.1) is 11.6 Å². The first-order valence-electron chi connectivity index (χ1n) is 5.83. The van der Waals surface area contributed by atoms with Crippen molar-refractivity contribution < 1.29 is 8.78 Å². The first-order valence-corrected chi connectivity index (χ1v) is 6.65. The quantitative estimate of drug-likeness (QED) is 0.855. The Labute approximate surface area is 114 Å². The molecule has 0 bridgehead atoms. The Balaban J connectivity index is 2.04. The first kappa shape index (κ1) is 13.9. The summed E-state index contributed by atoms with van der Waals surface area (Å²) in [6.07, 6.45) is 3.44. The van der Waals surface area contributed by atoms with Crippen molar-refractivity contribution in [2.75, 3.05) is 6.54 Å². The van der Waals surface area contributed by atoms with Gasteiger partial charge in [-0.2, -0.15) is 0 Å². The van der Waals surface area contributed by atoms with E-state index in [4.69, 9.17) is 0 Å². The molecule has 0 fully saturated rings. The second kappa shape index (κ2) is 6.58. The van der Waals surface area contributed by atoms with Gasteiger partial charge in [-0.05, 0) is 36.5 Å². The minimum atomic E-state index is -0.867. The van der Waals surface area contributed by atoms with Crippen molar-refractivity contribution in [2.24, 2.45) is 0 Å². The van der Waals surface area contributed by atoms with Crippen molar-refractivity contribution in [2.45, 2.75) is 23.5 Å². The molecule has 0 unspecified atom stereocenters. The van der Waals surface area contributed by atoms with Gasteiger partial charge in [-0.15, -0.1) is 0 Å². The van der Waals surface area contributed by atoms with E-state index in [1.54, 1.807) is 12.4 Å². The number of halogens is 2. The highest BCUT2D eigenvalue weighted by molar-refractivity contribution is 7.99. The SMILES string of the molecule is CCNCc1cnc(Sc2ccc(F)c(F)c2)nc1. The topological polar surface area (TPSA) is 37.8 Å². The van der Waals surface area contributed by atoms with Crippen molar-refractivity contribution in [3.05, 3.63) is 47.8 Å². The molecule has 0 aliphatic heterocycles. The Morgan fingerprint density at radius 3 is 2.53 bits per heavy atom. The van der Waals surface area contributed by atoms with Crippen molar-refractivity contribution in [1.29, 1.82) is 0 Å². The van der Waals surface area contributed by atoms with Crippen LogP contribution in [0.3, 0.4) is 0 Å². The maximum atomic E-state index is 13.0. The van der Waals surface area contributed by atoms with Crippen LogP contribution < -0.4 is 5.32 Å². The van der Waals surface area contributed by atoms with Crippen LogP contribution in [0.15, 0.2) is 40.6 Å². The molecule has 19 heavy (non-hydrogen) atoms. The molecule has 0 amide bonds. The third-order valence-corrected chi connectivity index (χ3v) is 3.24. The van der Waals surface area contributed by atoms with Gasteiger partial charge in [0.1, 0.15) is 0 Å². The molecule has 0 spiro atoms. The minimum Gasteiger partial charge on any atom is -0.313 e. The Hall–Kier alpha value is -1.53. The van der Waals surface area contributed by atoms with Crippen LogP contribution in [0.1, 0.15) is 12.5 Å². The van der Waals surface area contributed by atoms with Crippen molar-refractivity contribution >= 4 is 11.8 Å². The lowest BCUT2D eigenvalue weighted by Crippen LogP contribution is -2.12. The van der Waals surface area contributed by atoms with E-state index in [1.165, 1.54) is 17.8 Å². The molecular weight excluding hydrogens is 268 g/mol. The molecule has 6 heteroatoms. The van der Waals surface area contributed by atoms with Gasteiger partial charge < -0.3 is 5.32 Å². The largest absolute Gasteiger partial charge is 0.313 e. The standard InChI is InChI=1S/C13H13F2N3S/c1-2-16-6-9-7-17-13(18-8-9)19-10-3-4-11(14)12(15)5-10/h3-5,7-8,16H,2,6H2,1H3. The summed E-state index contributed by atoms with van der Waals surface area (Å²) in [6.45, 7) is 3.62. The molecule has 1 N–H and O–H groups in total. The fourth-order valence-electron chi connectivity index (χ4n) is 1.40. The number of aromatic nitrogens is 2. The second-order valence-electron chi connectivity index (χ2n) is 3.83. The maximum Gasteiger partial charge on any atom is 0.192 e. The highest BCUT2D eigenvalue weighted by Crippen LogP contribution is 2.25. The number of nitrogens with zero attached hydrogens (tertiary/aromatic N) is 2. The van der Waals surface area contributed by atoms with Gasteiger partial charge in [-0.1, -0.05) is 6.92 Å². The molecule has 3 nitrogen and oxygen atoms in total. The molecule has 1 aromatic carbocycles. The van der Waals surface area contributed by atoms with Crippen LogP contribution in [-0.2, 0) is 6.54 Å².